The number of carbonyl (C=O) groups is 3. The first-order valence-electron chi connectivity index (χ1n) is 11.9. The maximum Gasteiger partial charge on any atom is 0.242 e. The number of anilines is 1. The molecule has 3 amide bonds. The van der Waals surface area contributed by atoms with E-state index in [0.717, 1.165) is 10.6 Å². The molecule has 0 aliphatic rings. The lowest BCUT2D eigenvalue weighted by Crippen LogP contribution is -2.49. The molecule has 0 aliphatic heterocycles. The normalized spacial score (nSPS) is 14.9. The number of likely N-dealkylation sites (N-methyl/N-ethyl adjacent to an activating group) is 1. The Labute approximate surface area is 207 Å². The third-order valence-corrected chi connectivity index (χ3v) is 7.73. The molecule has 0 saturated carbocycles. The van der Waals surface area contributed by atoms with Gasteiger partial charge in [0.15, 0.2) is 5.88 Å². The van der Waals surface area contributed by atoms with Gasteiger partial charge in [-0.3, -0.25) is 23.5 Å². The number of carbonyl (C=O) groups excluding carboxylic acids is 3. The first-order valence-corrected chi connectivity index (χ1v) is 13.9. The van der Waals surface area contributed by atoms with Gasteiger partial charge in [0.1, 0.15) is 18.0 Å². The third kappa shape index (κ3) is 9.57. The molecular weight excluding hydrogens is 475 g/mol. The summed E-state index contributed by atoms with van der Waals surface area (Å²) < 4.78 is 20.4. The van der Waals surface area contributed by atoms with Crippen molar-refractivity contribution in [3.63, 3.8) is 0 Å². The minimum absolute atomic E-state index is 0.0309. The van der Waals surface area contributed by atoms with Gasteiger partial charge in [0.25, 0.3) is 0 Å². The van der Waals surface area contributed by atoms with Crippen molar-refractivity contribution in [2.75, 3.05) is 25.1 Å². The zero-order valence-electron chi connectivity index (χ0n) is 21.8. The molecule has 1 aromatic rings. The van der Waals surface area contributed by atoms with E-state index in [0.29, 0.717) is 12.8 Å². The van der Waals surface area contributed by atoms with Crippen LogP contribution in [0.25, 0.3) is 0 Å². The van der Waals surface area contributed by atoms with Crippen LogP contribution in [-0.4, -0.2) is 58.4 Å². The van der Waals surface area contributed by atoms with Gasteiger partial charge in [0.2, 0.25) is 31.0 Å². The summed E-state index contributed by atoms with van der Waals surface area (Å²) in [6.45, 7) is 10.7. The van der Waals surface area contributed by atoms with Crippen LogP contribution < -0.4 is 16.0 Å². The van der Waals surface area contributed by atoms with Gasteiger partial charge in [-0.25, -0.2) is 0 Å². The summed E-state index contributed by atoms with van der Waals surface area (Å²) >= 11 is 0. The summed E-state index contributed by atoms with van der Waals surface area (Å²) in [5.41, 5.74) is -0.0309. The molecule has 2 unspecified atom stereocenters. The van der Waals surface area contributed by atoms with Gasteiger partial charge in [-0.1, -0.05) is 27.7 Å². The number of hydrogen-bond donors (Lipinski definition) is 5. The molecule has 0 aromatic carbocycles. The highest BCUT2D eigenvalue weighted by molar-refractivity contribution is 7.58. The second kappa shape index (κ2) is 13.5. The fourth-order valence-corrected chi connectivity index (χ4v) is 6.35. The van der Waals surface area contributed by atoms with E-state index in [9.17, 15) is 29.2 Å². The molecule has 0 fully saturated rings. The van der Waals surface area contributed by atoms with Gasteiger partial charge in [0.05, 0.1) is 6.61 Å². The van der Waals surface area contributed by atoms with E-state index in [4.69, 9.17) is 4.52 Å². The maximum atomic E-state index is 13.9. The minimum Gasteiger partial charge on any atom is -0.494 e. The number of aromatic hydroxyl groups is 2. The van der Waals surface area contributed by atoms with Gasteiger partial charge in [-0.05, 0) is 31.6 Å². The van der Waals surface area contributed by atoms with E-state index in [1.165, 1.54) is 14.0 Å². The van der Waals surface area contributed by atoms with Crippen LogP contribution in [0.2, 0.25) is 0 Å². The highest BCUT2D eigenvalue weighted by Gasteiger charge is 2.35. The van der Waals surface area contributed by atoms with Gasteiger partial charge >= 0.3 is 0 Å². The van der Waals surface area contributed by atoms with Crippen molar-refractivity contribution in [1.82, 2.24) is 15.2 Å². The van der Waals surface area contributed by atoms with E-state index >= 15 is 0 Å². The number of nitrogens with zero attached hydrogens (tertiary/aromatic N) is 1. The fraction of sp³-hybridized carbons (Fsp3) is 0.696. The van der Waals surface area contributed by atoms with Crippen LogP contribution in [0.1, 0.15) is 54.4 Å². The Kier molecular flexibility index (Phi) is 11.8. The molecule has 12 heteroatoms. The largest absolute Gasteiger partial charge is 0.494 e. The molecule has 0 bridgehead atoms. The van der Waals surface area contributed by atoms with E-state index in [2.05, 4.69) is 16.0 Å². The molecule has 1 rings (SSSR count). The highest BCUT2D eigenvalue weighted by Crippen LogP contribution is 2.53. The van der Waals surface area contributed by atoms with Crippen LogP contribution in [0.15, 0.2) is 6.07 Å². The first-order chi connectivity index (χ1) is 16.2. The molecule has 3 atom stereocenters. The van der Waals surface area contributed by atoms with E-state index in [1.54, 1.807) is 6.92 Å². The van der Waals surface area contributed by atoms with Gasteiger partial charge in [-0.2, -0.15) is 0 Å². The smallest absolute Gasteiger partial charge is 0.242 e. The van der Waals surface area contributed by atoms with Crippen molar-refractivity contribution in [1.29, 1.82) is 0 Å². The summed E-state index contributed by atoms with van der Waals surface area (Å²) in [4.78, 5) is 36.9. The average Bonchev–Trinajstić information content (AvgIpc) is 2.98. The van der Waals surface area contributed by atoms with E-state index < -0.39 is 49.2 Å². The monoisotopic (exact) mass is 516 g/mol. The highest BCUT2D eigenvalue weighted by atomic mass is 31.2. The van der Waals surface area contributed by atoms with Crippen molar-refractivity contribution in [2.24, 2.45) is 17.8 Å². The predicted octanol–water partition coefficient (Wildman–Crippen LogP) is 3.07. The van der Waals surface area contributed by atoms with Crippen molar-refractivity contribution in [3.8, 4) is 11.8 Å². The SMILES string of the molecule is CCOP(=O)(CC(CC(C)C)C(=O)N[C@@H](CC(C)C)C(=O)NC)Cn1c(O)cc(NC(C)=O)c1O. The van der Waals surface area contributed by atoms with Crippen LogP contribution in [0.3, 0.4) is 0 Å². The molecule has 35 heavy (non-hydrogen) atoms. The number of hydrogen-bond acceptors (Lipinski definition) is 7. The second-order valence-electron chi connectivity index (χ2n) is 9.54. The van der Waals surface area contributed by atoms with E-state index in [-0.39, 0.29) is 36.2 Å². The molecule has 0 saturated heterocycles. The first kappa shape index (κ1) is 30.5. The third-order valence-electron chi connectivity index (χ3n) is 5.29. The zero-order chi connectivity index (χ0) is 26.9. The molecule has 0 aliphatic carbocycles. The zero-order valence-corrected chi connectivity index (χ0v) is 22.6. The summed E-state index contributed by atoms with van der Waals surface area (Å²) in [5.74, 6) is -2.54. The molecule has 0 radical (unpaired) electrons. The van der Waals surface area contributed by atoms with Crippen molar-refractivity contribution >= 4 is 30.8 Å². The van der Waals surface area contributed by atoms with Crippen LogP contribution in [0.4, 0.5) is 5.69 Å². The van der Waals surface area contributed by atoms with Crippen LogP contribution in [-0.2, 0) is 29.8 Å². The lowest BCUT2D eigenvalue weighted by Gasteiger charge is -2.27. The maximum absolute atomic E-state index is 13.9. The number of aromatic nitrogens is 1. The van der Waals surface area contributed by atoms with Gasteiger partial charge in [-0.15, -0.1) is 0 Å². The van der Waals surface area contributed by atoms with Crippen LogP contribution in [0, 0.1) is 17.8 Å². The molecule has 1 heterocycles. The summed E-state index contributed by atoms with van der Waals surface area (Å²) in [5, 5.41) is 28.5. The molecule has 200 valence electrons. The Bertz CT molecular complexity index is 929. The average molecular weight is 517 g/mol. The van der Waals surface area contributed by atoms with E-state index in [1.807, 2.05) is 27.7 Å². The topological polar surface area (TPSA) is 159 Å². The standard InChI is InChI=1S/C23H41N4O7P/c1-8-34-35(33,13-27-20(29)11-19(23(27)32)25-16(6)28)12-17(9-14(2)3)21(30)26-18(10-15(4)5)22(31)24-7/h11,14-15,17-18,29,32H,8-10,12-13H2,1-7H3,(H,24,31)(H,25,28)(H,26,30)/t17?,18-,35?/m0/s1. The Morgan fingerprint density at radius 1 is 1.09 bits per heavy atom. The lowest BCUT2D eigenvalue weighted by molar-refractivity contribution is -0.131. The summed E-state index contributed by atoms with van der Waals surface area (Å²) in [7, 11) is -2.11. The molecule has 5 N–H and O–H groups in total. The second-order valence-corrected chi connectivity index (χ2v) is 12.1. The van der Waals surface area contributed by atoms with Crippen LogP contribution >= 0.6 is 7.37 Å². The van der Waals surface area contributed by atoms with Crippen molar-refractivity contribution < 1.29 is 33.7 Å². The van der Waals surface area contributed by atoms with Crippen LogP contribution in [0.5, 0.6) is 11.8 Å². The minimum atomic E-state index is -3.61. The quantitative estimate of drug-likeness (QED) is 0.238. The molecule has 1 aromatic heterocycles. The molecule has 0 spiro atoms. The lowest BCUT2D eigenvalue weighted by atomic mass is 9.96. The number of amides is 3. The van der Waals surface area contributed by atoms with Crippen molar-refractivity contribution in [2.45, 2.75) is 66.7 Å². The Hall–Kier alpha value is -2.52. The molecule has 11 nitrogen and oxygen atoms in total. The Balaban J connectivity index is 3.24. The van der Waals surface area contributed by atoms with Crippen molar-refractivity contribution in [3.05, 3.63) is 6.07 Å². The summed E-state index contributed by atoms with van der Waals surface area (Å²) in [6.07, 6.45) is 0.288. The summed E-state index contributed by atoms with van der Waals surface area (Å²) in [6, 6.07) is 0.414. The number of nitrogens with one attached hydrogen (secondary N) is 3. The fourth-order valence-electron chi connectivity index (χ4n) is 3.88. The van der Waals surface area contributed by atoms with Gasteiger partial charge < -0.3 is 30.7 Å². The predicted molar refractivity (Wildman–Crippen MR) is 135 cm³/mol. The number of rotatable bonds is 14. The Morgan fingerprint density at radius 3 is 2.17 bits per heavy atom. The molecular formula is C23H41N4O7P. The van der Waals surface area contributed by atoms with Gasteiger partial charge in [0, 0.05) is 32.1 Å². The Morgan fingerprint density at radius 2 is 1.69 bits per heavy atom.